The lowest BCUT2D eigenvalue weighted by atomic mass is 9.79. The molecule has 2 atom stereocenters. The molecule has 2 rings (SSSR count). The Morgan fingerprint density at radius 3 is 2.67 bits per heavy atom. The van der Waals surface area contributed by atoms with E-state index in [1.807, 2.05) is 0 Å². The van der Waals surface area contributed by atoms with Gasteiger partial charge in [0, 0.05) is 17.8 Å². The molecule has 98 valence electrons. The number of carbonyl (C=O) groups excluding carboxylic acids is 2. The highest BCUT2D eigenvalue weighted by atomic mass is 16.4. The van der Waals surface area contributed by atoms with Crippen LogP contribution in [0.25, 0.3) is 0 Å². The van der Waals surface area contributed by atoms with Crippen molar-refractivity contribution in [3.8, 4) is 0 Å². The van der Waals surface area contributed by atoms with Gasteiger partial charge in [-0.1, -0.05) is 12.8 Å². The van der Waals surface area contributed by atoms with Crippen LogP contribution in [0.5, 0.6) is 0 Å². The van der Waals surface area contributed by atoms with E-state index in [0.29, 0.717) is 25.1 Å². The van der Waals surface area contributed by atoms with Crippen molar-refractivity contribution < 1.29 is 19.1 Å². The van der Waals surface area contributed by atoms with Gasteiger partial charge in [-0.3, -0.25) is 4.79 Å². The van der Waals surface area contributed by atoms with Gasteiger partial charge in [0.05, 0.1) is 12.8 Å². The molecule has 5 nitrogen and oxygen atoms in total. The number of carboxylic acid groups (broad SMARTS) is 1. The molecule has 1 aromatic rings. The van der Waals surface area contributed by atoms with E-state index in [4.69, 9.17) is 4.42 Å². The summed E-state index contributed by atoms with van der Waals surface area (Å²) in [5.74, 6) is -1.81. The van der Waals surface area contributed by atoms with Crippen molar-refractivity contribution in [1.29, 1.82) is 0 Å². The van der Waals surface area contributed by atoms with Crippen molar-refractivity contribution in [1.82, 2.24) is 5.32 Å². The van der Waals surface area contributed by atoms with E-state index in [1.165, 1.54) is 6.26 Å². The van der Waals surface area contributed by atoms with Crippen LogP contribution in [0.2, 0.25) is 0 Å². The molecule has 18 heavy (non-hydrogen) atoms. The minimum atomic E-state index is -1.12. The zero-order valence-corrected chi connectivity index (χ0v) is 10.1. The number of aliphatic carboxylic acids is 1. The highest BCUT2D eigenvalue weighted by molar-refractivity contribution is 5.84. The number of rotatable bonds is 4. The maximum absolute atomic E-state index is 12.0. The molecule has 0 unspecified atom stereocenters. The second-order valence-corrected chi connectivity index (χ2v) is 4.61. The Balaban J connectivity index is 1.92. The number of hydrogen-bond donors (Lipinski definition) is 1. The van der Waals surface area contributed by atoms with Crippen LogP contribution in [-0.4, -0.2) is 11.9 Å². The van der Waals surface area contributed by atoms with Gasteiger partial charge in [0.1, 0.15) is 5.76 Å². The van der Waals surface area contributed by atoms with Gasteiger partial charge in [-0.05, 0) is 25.0 Å². The molecule has 1 saturated carbocycles. The number of carbonyl (C=O) groups is 2. The Labute approximate surface area is 105 Å². The van der Waals surface area contributed by atoms with Crippen LogP contribution in [0.4, 0.5) is 0 Å². The lowest BCUT2D eigenvalue weighted by Crippen LogP contribution is -2.44. The summed E-state index contributed by atoms with van der Waals surface area (Å²) in [5, 5.41) is 13.7. The first-order chi connectivity index (χ1) is 8.68. The van der Waals surface area contributed by atoms with E-state index < -0.39 is 17.8 Å². The quantitative estimate of drug-likeness (QED) is 0.841. The Bertz CT molecular complexity index is 413. The smallest absolute Gasteiger partial charge is 0.224 e. The van der Waals surface area contributed by atoms with Gasteiger partial charge in [-0.2, -0.15) is 0 Å². The number of carboxylic acids is 1. The predicted octanol–water partition coefficient (Wildman–Crippen LogP) is 0.452. The third kappa shape index (κ3) is 2.91. The topological polar surface area (TPSA) is 82.4 Å². The van der Waals surface area contributed by atoms with Crippen LogP contribution in [0.15, 0.2) is 22.8 Å². The van der Waals surface area contributed by atoms with E-state index in [9.17, 15) is 14.7 Å². The molecule has 1 fully saturated rings. The summed E-state index contributed by atoms with van der Waals surface area (Å²) in [6, 6.07) is 3.50. The zero-order valence-electron chi connectivity index (χ0n) is 10.1. The zero-order chi connectivity index (χ0) is 13.0. The molecule has 1 aliphatic rings. The third-order valence-corrected chi connectivity index (χ3v) is 3.42. The summed E-state index contributed by atoms with van der Waals surface area (Å²) in [6.45, 7) is 0.294. The average Bonchev–Trinajstić information content (AvgIpc) is 2.89. The van der Waals surface area contributed by atoms with E-state index in [2.05, 4.69) is 5.32 Å². The van der Waals surface area contributed by atoms with Crippen molar-refractivity contribution in [2.24, 2.45) is 11.8 Å². The van der Waals surface area contributed by atoms with Gasteiger partial charge in [-0.15, -0.1) is 0 Å². The maximum Gasteiger partial charge on any atom is 0.224 e. The van der Waals surface area contributed by atoms with E-state index in [-0.39, 0.29) is 5.91 Å². The Hall–Kier alpha value is -1.78. The minimum absolute atomic E-state index is 0.222. The molecule has 1 amide bonds. The van der Waals surface area contributed by atoms with Crippen LogP contribution in [0.3, 0.4) is 0 Å². The van der Waals surface area contributed by atoms with Crippen molar-refractivity contribution in [2.45, 2.75) is 32.2 Å². The monoisotopic (exact) mass is 250 g/mol. The highest BCUT2D eigenvalue weighted by Gasteiger charge is 2.31. The number of nitrogens with one attached hydrogen (secondary N) is 1. The normalized spacial score (nSPS) is 23.6. The van der Waals surface area contributed by atoms with Crippen LogP contribution >= 0.6 is 0 Å². The van der Waals surface area contributed by atoms with Crippen molar-refractivity contribution >= 4 is 11.9 Å². The molecule has 1 heterocycles. The molecule has 0 bridgehead atoms. The van der Waals surface area contributed by atoms with Crippen LogP contribution in [0, 0.1) is 11.8 Å². The van der Waals surface area contributed by atoms with E-state index >= 15 is 0 Å². The summed E-state index contributed by atoms with van der Waals surface area (Å²) >= 11 is 0. The molecule has 1 aliphatic carbocycles. The molecule has 0 radical (unpaired) electrons. The first-order valence-corrected chi connectivity index (χ1v) is 6.19. The molecular formula is C13H16NO4-. The van der Waals surface area contributed by atoms with Crippen LogP contribution < -0.4 is 10.4 Å². The summed E-state index contributed by atoms with van der Waals surface area (Å²) < 4.78 is 5.10. The molecule has 5 heteroatoms. The largest absolute Gasteiger partial charge is 0.550 e. The van der Waals surface area contributed by atoms with Gasteiger partial charge >= 0.3 is 0 Å². The first-order valence-electron chi connectivity index (χ1n) is 6.19. The summed E-state index contributed by atoms with van der Waals surface area (Å²) in [4.78, 5) is 23.0. The van der Waals surface area contributed by atoms with Gasteiger partial charge in [0.25, 0.3) is 0 Å². The fourth-order valence-corrected chi connectivity index (χ4v) is 2.45. The Kier molecular flexibility index (Phi) is 4.02. The van der Waals surface area contributed by atoms with Crippen molar-refractivity contribution in [3.63, 3.8) is 0 Å². The minimum Gasteiger partial charge on any atom is -0.550 e. The maximum atomic E-state index is 12.0. The summed E-state index contributed by atoms with van der Waals surface area (Å²) in [6.07, 6.45) is 4.42. The van der Waals surface area contributed by atoms with E-state index in [0.717, 1.165) is 12.8 Å². The average molecular weight is 250 g/mol. The molecular weight excluding hydrogens is 234 g/mol. The predicted molar refractivity (Wildman–Crippen MR) is 61.0 cm³/mol. The van der Waals surface area contributed by atoms with E-state index in [1.54, 1.807) is 12.1 Å². The molecule has 0 spiro atoms. The third-order valence-electron chi connectivity index (χ3n) is 3.42. The number of hydrogen-bond acceptors (Lipinski definition) is 4. The lowest BCUT2D eigenvalue weighted by molar-refractivity contribution is -0.314. The van der Waals surface area contributed by atoms with Crippen LogP contribution in [-0.2, 0) is 16.1 Å². The first kappa shape index (κ1) is 12.7. The second kappa shape index (κ2) is 5.71. The molecule has 0 aliphatic heterocycles. The van der Waals surface area contributed by atoms with Crippen molar-refractivity contribution in [3.05, 3.63) is 24.2 Å². The van der Waals surface area contributed by atoms with Gasteiger partial charge in [0.15, 0.2) is 0 Å². The van der Waals surface area contributed by atoms with Gasteiger partial charge in [-0.25, -0.2) is 0 Å². The second-order valence-electron chi connectivity index (χ2n) is 4.61. The fourth-order valence-electron chi connectivity index (χ4n) is 2.45. The summed E-state index contributed by atoms with van der Waals surface area (Å²) in [7, 11) is 0. The van der Waals surface area contributed by atoms with Crippen molar-refractivity contribution in [2.75, 3.05) is 0 Å². The molecule has 1 N–H and O–H groups in total. The Morgan fingerprint density at radius 1 is 1.33 bits per heavy atom. The number of amides is 1. The fraction of sp³-hybridized carbons (Fsp3) is 0.538. The van der Waals surface area contributed by atoms with Crippen LogP contribution in [0.1, 0.15) is 31.4 Å². The highest BCUT2D eigenvalue weighted by Crippen LogP contribution is 2.29. The Morgan fingerprint density at radius 2 is 2.06 bits per heavy atom. The summed E-state index contributed by atoms with van der Waals surface area (Å²) in [5.41, 5.74) is 0. The van der Waals surface area contributed by atoms with Gasteiger partial charge in [0.2, 0.25) is 5.91 Å². The lowest BCUT2D eigenvalue weighted by Gasteiger charge is -2.31. The SMILES string of the molecule is O=C(NCc1ccco1)[C@H]1CCCC[C@H]1C(=O)[O-]. The molecule has 1 aromatic heterocycles. The molecule has 0 saturated heterocycles. The standard InChI is InChI=1S/C13H17NO4/c15-12(14-8-9-4-3-7-18-9)10-5-1-2-6-11(10)13(16)17/h3-4,7,10-11H,1-2,5-6,8H2,(H,14,15)(H,16,17)/p-1/t10-,11+/m0/s1. The molecule has 0 aromatic carbocycles. The number of furan rings is 1. The van der Waals surface area contributed by atoms with Gasteiger partial charge < -0.3 is 19.6 Å².